The molecule has 9 heteroatoms. The topological polar surface area (TPSA) is 115 Å². The van der Waals surface area contributed by atoms with Crippen LogP contribution in [0.4, 0.5) is 0 Å². The van der Waals surface area contributed by atoms with Crippen LogP contribution >= 0.6 is 0 Å². The van der Waals surface area contributed by atoms with Crippen molar-refractivity contribution in [2.45, 2.75) is 13.8 Å². The number of aromatic nitrogens is 8. The van der Waals surface area contributed by atoms with Crippen molar-refractivity contribution < 1.29 is 0 Å². The van der Waals surface area contributed by atoms with E-state index >= 15 is 0 Å². The first-order valence-electron chi connectivity index (χ1n) is 22.3. The van der Waals surface area contributed by atoms with Crippen LogP contribution in [-0.2, 0) is 0 Å². The van der Waals surface area contributed by atoms with E-state index in [9.17, 15) is 0 Å². The fourth-order valence-corrected chi connectivity index (χ4v) is 8.67. The molecule has 0 unspecified atom stereocenters. The van der Waals surface area contributed by atoms with Gasteiger partial charge in [-0.2, -0.15) is 0 Å². The van der Waals surface area contributed by atoms with Gasteiger partial charge in [0.25, 0.3) is 0 Å². The maximum Gasteiger partial charge on any atom is 0.182 e. The van der Waals surface area contributed by atoms with Crippen molar-refractivity contribution in [2.24, 2.45) is 4.99 Å². The van der Waals surface area contributed by atoms with Crippen LogP contribution in [-0.4, -0.2) is 46.6 Å². The molecule has 6 heterocycles. The van der Waals surface area contributed by atoms with Crippen molar-refractivity contribution in [3.05, 3.63) is 212 Å². The van der Waals surface area contributed by atoms with Gasteiger partial charge in [0.05, 0.1) is 22.6 Å². The zero-order valence-electron chi connectivity index (χ0n) is 37.3. The minimum atomic E-state index is 0.390. The maximum absolute atomic E-state index is 5.19. The SMILES string of the molecule is C=N/C(=C\C=C/C)c1ccc(-c2nc(-c3cc(-c4cc(-c5cccc6nc(C)ccc56)ccn4)cc(-c4cc5ccccc5c5ccccc45)c3)nc(-c3ccc(-c4ccccn4)cn3)n2)nc1. The van der Waals surface area contributed by atoms with Crippen molar-refractivity contribution in [2.75, 3.05) is 0 Å². The van der Waals surface area contributed by atoms with Crippen LogP contribution in [0.5, 0.6) is 0 Å². The Morgan fingerprint density at radius 2 is 1.21 bits per heavy atom. The van der Waals surface area contributed by atoms with Gasteiger partial charge in [-0.25, -0.2) is 15.0 Å². The van der Waals surface area contributed by atoms with Crippen molar-refractivity contribution in [1.29, 1.82) is 0 Å². The number of pyridine rings is 5. The van der Waals surface area contributed by atoms with Gasteiger partial charge in [-0.15, -0.1) is 0 Å². The number of aryl methyl sites for hydroxylation is 1. The van der Waals surface area contributed by atoms with Crippen LogP contribution in [0.15, 0.2) is 206 Å². The molecule has 0 spiro atoms. The number of benzene rings is 5. The van der Waals surface area contributed by atoms with Crippen molar-refractivity contribution in [3.63, 3.8) is 0 Å². The molecule has 0 atom stereocenters. The van der Waals surface area contributed by atoms with E-state index in [4.69, 9.17) is 34.9 Å². The summed E-state index contributed by atoms with van der Waals surface area (Å²) in [5.74, 6) is 1.24. The Kier molecular flexibility index (Phi) is 11.0. The summed E-state index contributed by atoms with van der Waals surface area (Å²) >= 11 is 0. The second kappa shape index (κ2) is 18.0. The third-order valence-electron chi connectivity index (χ3n) is 12.0. The number of aliphatic imine (C=N–C) groups is 1. The molecule has 0 fully saturated rings. The normalized spacial score (nSPS) is 11.8. The Morgan fingerprint density at radius 3 is 1.97 bits per heavy atom. The minimum Gasteiger partial charge on any atom is -0.264 e. The first-order chi connectivity index (χ1) is 33.5. The van der Waals surface area contributed by atoms with Crippen LogP contribution in [0.25, 0.3) is 117 Å². The molecule has 68 heavy (non-hydrogen) atoms. The molecule has 11 rings (SSSR count). The fourth-order valence-electron chi connectivity index (χ4n) is 8.67. The molecule has 9 nitrogen and oxygen atoms in total. The van der Waals surface area contributed by atoms with Gasteiger partial charge in [0.1, 0.15) is 11.4 Å². The van der Waals surface area contributed by atoms with Crippen LogP contribution in [0, 0.1) is 6.92 Å². The van der Waals surface area contributed by atoms with E-state index < -0.39 is 0 Å². The largest absolute Gasteiger partial charge is 0.264 e. The quantitative estimate of drug-likeness (QED) is 0.0758. The summed E-state index contributed by atoms with van der Waals surface area (Å²) in [6.45, 7) is 7.75. The zero-order valence-corrected chi connectivity index (χ0v) is 37.3. The van der Waals surface area contributed by atoms with Crippen LogP contribution in [0.2, 0.25) is 0 Å². The Balaban J connectivity index is 1.12. The third kappa shape index (κ3) is 8.09. The smallest absolute Gasteiger partial charge is 0.182 e. The van der Waals surface area contributed by atoms with Gasteiger partial charge in [-0.1, -0.05) is 84.9 Å². The monoisotopic (exact) mass is 875 g/mol. The van der Waals surface area contributed by atoms with Crippen molar-refractivity contribution in [1.82, 2.24) is 39.9 Å². The molecule has 0 N–H and O–H groups in total. The molecule has 0 amide bonds. The molecule has 0 aliphatic carbocycles. The van der Waals surface area contributed by atoms with Gasteiger partial charge in [-0.3, -0.25) is 29.9 Å². The highest BCUT2D eigenvalue weighted by Crippen LogP contribution is 2.40. The average molecular weight is 876 g/mol. The minimum absolute atomic E-state index is 0.390. The summed E-state index contributed by atoms with van der Waals surface area (Å²) < 4.78 is 0. The second-order valence-electron chi connectivity index (χ2n) is 16.4. The summed E-state index contributed by atoms with van der Waals surface area (Å²) in [7, 11) is 0. The molecule has 322 valence electrons. The Morgan fingerprint density at radius 1 is 0.471 bits per heavy atom. The third-order valence-corrected chi connectivity index (χ3v) is 12.0. The average Bonchev–Trinajstić information content (AvgIpc) is 3.41. The van der Waals surface area contributed by atoms with Gasteiger partial charge in [0, 0.05) is 58.1 Å². The van der Waals surface area contributed by atoms with Crippen LogP contribution < -0.4 is 0 Å². The lowest BCUT2D eigenvalue weighted by Crippen LogP contribution is -2.03. The summed E-state index contributed by atoms with van der Waals surface area (Å²) in [5.41, 5.74) is 12.9. The maximum atomic E-state index is 5.19. The van der Waals surface area contributed by atoms with Gasteiger partial charge in [0.15, 0.2) is 17.5 Å². The lowest BCUT2D eigenvalue weighted by atomic mass is 9.90. The number of allylic oxidation sites excluding steroid dienone is 3. The van der Waals surface area contributed by atoms with E-state index in [0.717, 1.165) is 83.3 Å². The van der Waals surface area contributed by atoms with Gasteiger partial charge < -0.3 is 0 Å². The highest BCUT2D eigenvalue weighted by molar-refractivity contribution is 6.14. The lowest BCUT2D eigenvalue weighted by Gasteiger charge is -2.15. The van der Waals surface area contributed by atoms with Gasteiger partial charge in [-0.05, 0) is 155 Å². The highest BCUT2D eigenvalue weighted by atomic mass is 15.1. The number of hydrogen-bond donors (Lipinski definition) is 0. The van der Waals surface area contributed by atoms with E-state index in [-0.39, 0.29) is 0 Å². The van der Waals surface area contributed by atoms with E-state index in [0.29, 0.717) is 34.6 Å². The molecule has 11 aromatic rings. The molecule has 0 saturated carbocycles. The van der Waals surface area contributed by atoms with Crippen molar-refractivity contribution >= 4 is 44.9 Å². The van der Waals surface area contributed by atoms with E-state index in [2.05, 4.69) is 132 Å². The Hall–Kier alpha value is -9.21. The Labute approximate surface area is 393 Å². The summed E-state index contributed by atoms with van der Waals surface area (Å²) in [6.07, 6.45) is 13.0. The second-order valence-corrected chi connectivity index (χ2v) is 16.4. The molecule has 0 radical (unpaired) electrons. The van der Waals surface area contributed by atoms with Crippen LogP contribution in [0.3, 0.4) is 0 Å². The number of nitrogens with zero attached hydrogens (tertiary/aromatic N) is 9. The van der Waals surface area contributed by atoms with E-state index in [1.165, 1.54) is 10.8 Å². The zero-order chi connectivity index (χ0) is 46.0. The van der Waals surface area contributed by atoms with Crippen LogP contribution in [0.1, 0.15) is 18.2 Å². The van der Waals surface area contributed by atoms with E-state index in [1.807, 2.05) is 80.7 Å². The number of hydrogen-bond acceptors (Lipinski definition) is 9. The number of fused-ring (bicyclic) bond motifs is 4. The number of rotatable bonds is 10. The van der Waals surface area contributed by atoms with Crippen molar-refractivity contribution in [3.8, 4) is 79.2 Å². The molecule has 0 bridgehead atoms. The molecule has 0 aliphatic rings. The Bertz CT molecular complexity index is 3770. The van der Waals surface area contributed by atoms with Gasteiger partial charge in [0.2, 0.25) is 0 Å². The molecule has 0 saturated heterocycles. The first kappa shape index (κ1) is 41.5. The molecular formula is C59H41N9. The van der Waals surface area contributed by atoms with E-state index in [1.54, 1.807) is 18.6 Å². The molecule has 6 aromatic heterocycles. The summed E-state index contributed by atoms with van der Waals surface area (Å²) in [6, 6.07) is 54.1. The summed E-state index contributed by atoms with van der Waals surface area (Å²) in [5, 5.41) is 5.71. The summed E-state index contributed by atoms with van der Waals surface area (Å²) in [4.78, 5) is 43.7. The first-order valence-corrected chi connectivity index (χ1v) is 22.3. The highest BCUT2D eigenvalue weighted by Gasteiger charge is 2.19. The van der Waals surface area contributed by atoms with Gasteiger partial charge >= 0.3 is 0 Å². The molecular weight excluding hydrogens is 835 g/mol. The predicted molar refractivity (Wildman–Crippen MR) is 276 cm³/mol. The molecule has 0 aliphatic heterocycles. The predicted octanol–water partition coefficient (Wildman–Crippen LogP) is 13.9. The lowest BCUT2D eigenvalue weighted by molar-refractivity contribution is 1.04. The molecule has 5 aromatic carbocycles. The fraction of sp³-hybridized carbons (Fsp3) is 0.0339. The standard InChI is InChI=1S/C59H41N9/c1-4-5-18-51(60-3)40-22-25-54(63-35-40)58-66-57(67-59(68-58)55-26-23-41(36-64-55)52-19-10-11-28-61-52)44-31-42(50-33-38-13-6-7-14-45(38)47-15-8-9-16-48(47)50)30-43(32-44)56-34-39(27-29-62-56)46-17-12-20-53-49(46)24-21-37(2)65-53/h4-36H,3H2,1-2H3/b5-4-,51-18-.